The quantitative estimate of drug-likeness (QED) is 0.197. The fourth-order valence-electron chi connectivity index (χ4n) is 6.52. The maximum atomic E-state index is 9.36. The van der Waals surface area contributed by atoms with E-state index < -0.39 is 5.41 Å². The highest BCUT2D eigenvalue weighted by molar-refractivity contribution is 5.96. The first kappa shape index (κ1) is 22.8. The molecule has 5 aromatic rings. The minimum absolute atomic E-state index is 0.406. The Labute approximate surface area is 227 Å². The molecule has 0 aliphatic heterocycles. The Bertz CT molecular complexity index is 1890. The lowest BCUT2D eigenvalue weighted by Gasteiger charge is -2.30. The molecule has 2 aliphatic rings. The summed E-state index contributed by atoms with van der Waals surface area (Å²) in [5.74, 6) is 0. The van der Waals surface area contributed by atoms with E-state index in [2.05, 4.69) is 109 Å². The van der Waals surface area contributed by atoms with Gasteiger partial charge in [-0.25, -0.2) is 0 Å². The second-order valence-electron chi connectivity index (χ2n) is 10.1. The lowest BCUT2D eigenvalue weighted by atomic mass is 9.70. The second-order valence-corrected chi connectivity index (χ2v) is 10.1. The predicted molar refractivity (Wildman–Crippen MR) is 155 cm³/mol. The van der Waals surface area contributed by atoms with E-state index in [4.69, 9.17) is 0 Å². The minimum atomic E-state index is -0.406. The highest BCUT2D eigenvalue weighted by atomic mass is 14.7. The SMILES string of the molecule is C=C/C(C#N)=C\Cc1ccc2c(c1)-c1cc(-c3cc(C#N)c[nH]3)ccc1C21c2ccccc2-c2ccccc21. The molecule has 4 aromatic carbocycles. The highest BCUT2D eigenvalue weighted by Gasteiger charge is 2.51. The van der Waals surface area contributed by atoms with Crippen molar-refractivity contribution in [2.24, 2.45) is 0 Å². The van der Waals surface area contributed by atoms with Gasteiger partial charge in [0, 0.05) is 17.5 Å². The third-order valence-electron chi connectivity index (χ3n) is 8.18. The van der Waals surface area contributed by atoms with Gasteiger partial charge in [0.25, 0.3) is 0 Å². The Morgan fingerprint density at radius 1 is 0.769 bits per heavy atom. The Kier molecular flexibility index (Phi) is 5.02. The number of hydrogen-bond acceptors (Lipinski definition) is 2. The Morgan fingerprint density at radius 3 is 2.05 bits per heavy atom. The summed E-state index contributed by atoms with van der Waals surface area (Å²) in [6.07, 6.45) is 5.93. The van der Waals surface area contributed by atoms with Crippen molar-refractivity contribution in [1.29, 1.82) is 10.5 Å². The molecule has 0 saturated heterocycles. The molecule has 0 radical (unpaired) electrons. The Morgan fingerprint density at radius 2 is 1.41 bits per heavy atom. The number of hydrogen-bond donors (Lipinski definition) is 1. The first-order valence-corrected chi connectivity index (χ1v) is 13.0. The van der Waals surface area contributed by atoms with Crippen molar-refractivity contribution in [1.82, 2.24) is 4.98 Å². The van der Waals surface area contributed by atoms with Crippen LogP contribution in [0.1, 0.15) is 33.4 Å². The smallest absolute Gasteiger partial charge is 0.101 e. The largest absolute Gasteiger partial charge is 0.360 e. The summed E-state index contributed by atoms with van der Waals surface area (Å²) >= 11 is 0. The van der Waals surface area contributed by atoms with Crippen molar-refractivity contribution < 1.29 is 0 Å². The summed E-state index contributed by atoms with van der Waals surface area (Å²) in [7, 11) is 0. The Balaban J connectivity index is 1.52. The molecule has 3 nitrogen and oxygen atoms in total. The molecule has 182 valence electrons. The number of fused-ring (bicyclic) bond motifs is 10. The van der Waals surface area contributed by atoms with Crippen LogP contribution < -0.4 is 0 Å². The van der Waals surface area contributed by atoms with Crippen LogP contribution in [0.25, 0.3) is 33.5 Å². The number of H-pyrrole nitrogens is 1. The number of nitrogens with zero attached hydrogens (tertiary/aromatic N) is 2. The molecule has 0 bridgehead atoms. The summed E-state index contributed by atoms with van der Waals surface area (Å²) in [4.78, 5) is 3.27. The van der Waals surface area contributed by atoms with E-state index in [0.29, 0.717) is 17.6 Å². The summed E-state index contributed by atoms with van der Waals surface area (Å²) in [5, 5.41) is 18.7. The molecule has 1 spiro atoms. The number of allylic oxidation sites excluding steroid dienone is 3. The topological polar surface area (TPSA) is 63.4 Å². The van der Waals surface area contributed by atoms with Crippen LogP contribution >= 0.6 is 0 Å². The molecule has 1 N–H and O–H groups in total. The summed E-state index contributed by atoms with van der Waals surface area (Å²) in [6, 6.07) is 37.3. The zero-order chi connectivity index (χ0) is 26.6. The van der Waals surface area contributed by atoms with E-state index in [0.717, 1.165) is 16.8 Å². The van der Waals surface area contributed by atoms with Crippen LogP contribution in [0.3, 0.4) is 0 Å². The molecule has 39 heavy (non-hydrogen) atoms. The number of aromatic nitrogens is 1. The maximum absolute atomic E-state index is 9.36. The number of rotatable bonds is 4. The normalized spacial score (nSPS) is 13.6. The van der Waals surface area contributed by atoms with Crippen LogP contribution in [0.15, 0.2) is 121 Å². The number of benzene rings is 4. The van der Waals surface area contributed by atoms with Gasteiger partial charge in [-0.05, 0) is 74.2 Å². The van der Waals surface area contributed by atoms with E-state index in [1.807, 2.05) is 12.1 Å². The molecule has 0 unspecified atom stereocenters. The maximum Gasteiger partial charge on any atom is 0.101 e. The molecule has 1 aromatic heterocycles. The van der Waals surface area contributed by atoms with Crippen LogP contribution in [0.2, 0.25) is 0 Å². The third kappa shape index (κ3) is 3.14. The number of aromatic amines is 1. The van der Waals surface area contributed by atoms with E-state index >= 15 is 0 Å². The molecular formula is C36H23N3. The number of nitriles is 2. The fourth-order valence-corrected chi connectivity index (χ4v) is 6.52. The van der Waals surface area contributed by atoms with Gasteiger partial charge in [-0.2, -0.15) is 10.5 Å². The van der Waals surface area contributed by atoms with E-state index in [1.54, 1.807) is 12.3 Å². The summed E-state index contributed by atoms with van der Waals surface area (Å²) in [6.45, 7) is 3.76. The Hall–Kier alpha value is -5.38. The highest BCUT2D eigenvalue weighted by Crippen LogP contribution is 2.63. The van der Waals surface area contributed by atoms with Crippen molar-refractivity contribution in [3.05, 3.63) is 155 Å². The van der Waals surface area contributed by atoms with Crippen LogP contribution in [0, 0.1) is 22.7 Å². The van der Waals surface area contributed by atoms with Gasteiger partial charge in [-0.1, -0.05) is 97.6 Å². The summed E-state index contributed by atoms with van der Waals surface area (Å²) in [5.41, 5.74) is 14.0. The zero-order valence-corrected chi connectivity index (χ0v) is 21.2. The third-order valence-corrected chi connectivity index (χ3v) is 8.18. The van der Waals surface area contributed by atoms with E-state index in [1.165, 1.54) is 44.5 Å². The van der Waals surface area contributed by atoms with Gasteiger partial charge in [-0.3, -0.25) is 0 Å². The van der Waals surface area contributed by atoms with Gasteiger partial charge in [0.05, 0.1) is 17.0 Å². The second kappa shape index (κ2) is 8.59. The van der Waals surface area contributed by atoms with Crippen molar-refractivity contribution in [2.75, 3.05) is 0 Å². The van der Waals surface area contributed by atoms with Gasteiger partial charge < -0.3 is 4.98 Å². The molecule has 0 atom stereocenters. The predicted octanol–water partition coefficient (Wildman–Crippen LogP) is 8.08. The molecule has 0 saturated carbocycles. The summed E-state index contributed by atoms with van der Waals surface area (Å²) < 4.78 is 0. The molecule has 3 heteroatoms. The molecule has 1 heterocycles. The lowest BCUT2D eigenvalue weighted by Crippen LogP contribution is -2.25. The van der Waals surface area contributed by atoms with Gasteiger partial charge in [0.1, 0.15) is 6.07 Å². The lowest BCUT2D eigenvalue weighted by molar-refractivity contribution is 0.793. The van der Waals surface area contributed by atoms with Gasteiger partial charge >= 0.3 is 0 Å². The fraction of sp³-hybridized carbons (Fsp3) is 0.0556. The van der Waals surface area contributed by atoms with Crippen molar-refractivity contribution in [3.63, 3.8) is 0 Å². The van der Waals surface area contributed by atoms with Gasteiger partial charge in [-0.15, -0.1) is 0 Å². The zero-order valence-electron chi connectivity index (χ0n) is 21.2. The standard InChI is InChI=1S/C36H23N3/c1-2-23(20-37)11-12-24-13-15-33-29(17-24)30-19-26(35-18-25(21-38)22-39-35)14-16-34(30)36(33)31-9-5-3-7-27(31)28-8-4-6-10-32(28)36/h2-11,13-19,22,39H,1,12H2/b23-11+. The molecule has 0 amide bonds. The van der Waals surface area contributed by atoms with Crippen molar-refractivity contribution >= 4 is 0 Å². The van der Waals surface area contributed by atoms with Gasteiger partial charge in [0.2, 0.25) is 0 Å². The first-order valence-electron chi connectivity index (χ1n) is 13.0. The monoisotopic (exact) mass is 497 g/mol. The average molecular weight is 498 g/mol. The molecule has 7 rings (SSSR count). The minimum Gasteiger partial charge on any atom is -0.360 e. The van der Waals surface area contributed by atoms with Crippen LogP contribution in [-0.4, -0.2) is 4.98 Å². The average Bonchev–Trinajstić information content (AvgIpc) is 3.67. The van der Waals surface area contributed by atoms with Crippen LogP contribution in [0.5, 0.6) is 0 Å². The first-order chi connectivity index (χ1) is 19.2. The van der Waals surface area contributed by atoms with E-state index in [-0.39, 0.29) is 0 Å². The molecular weight excluding hydrogens is 474 g/mol. The number of nitrogens with one attached hydrogen (secondary N) is 1. The van der Waals surface area contributed by atoms with Crippen molar-refractivity contribution in [2.45, 2.75) is 11.8 Å². The van der Waals surface area contributed by atoms with Crippen molar-refractivity contribution in [3.8, 4) is 45.6 Å². The van der Waals surface area contributed by atoms with Gasteiger partial charge in [0.15, 0.2) is 0 Å². The van der Waals surface area contributed by atoms with Crippen LogP contribution in [-0.2, 0) is 11.8 Å². The van der Waals surface area contributed by atoms with E-state index in [9.17, 15) is 10.5 Å². The molecule has 2 aliphatic carbocycles. The molecule has 0 fully saturated rings. The van der Waals surface area contributed by atoms with Crippen LogP contribution in [0.4, 0.5) is 0 Å².